The lowest BCUT2D eigenvalue weighted by Gasteiger charge is -2.32. The maximum absolute atomic E-state index is 6.08. The van der Waals surface area contributed by atoms with Crippen LogP contribution in [0.2, 0.25) is 0 Å². The van der Waals surface area contributed by atoms with Crippen molar-refractivity contribution in [3.8, 4) is 5.75 Å². The van der Waals surface area contributed by atoms with Crippen LogP contribution >= 0.6 is 0 Å². The van der Waals surface area contributed by atoms with E-state index in [9.17, 15) is 0 Å². The maximum atomic E-state index is 6.08. The summed E-state index contributed by atoms with van der Waals surface area (Å²) in [6.45, 7) is 11.8. The third-order valence-corrected chi connectivity index (χ3v) is 3.85. The average molecular weight is 263 g/mol. The molecule has 2 heteroatoms. The van der Waals surface area contributed by atoms with Gasteiger partial charge in [0.05, 0.1) is 7.11 Å². The molecule has 0 aromatic heterocycles. The number of nitrogens with two attached hydrogens (primary N) is 1. The molecule has 0 aliphatic rings. The fourth-order valence-electron chi connectivity index (χ4n) is 2.76. The van der Waals surface area contributed by atoms with E-state index in [0.29, 0.717) is 18.4 Å². The van der Waals surface area contributed by atoms with Gasteiger partial charge in [0.25, 0.3) is 0 Å². The first-order valence-electron chi connectivity index (χ1n) is 7.22. The van der Waals surface area contributed by atoms with Gasteiger partial charge in [-0.3, -0.25) is 0 Å². The van der Waals surface area contributed by atoms with Gasteiger partial charge in [0.1, 0.15) is 5.75 Å². The van der Waals surface area contributed by atoms with Crippen LogP contribution in [0, 0.1) is 5.92 Å². The molecule has 2 N–H and O–H groups in total. The highest BCUT2D eigenvalue weighted by molar-refractivity contribution is 5.43. The molecule has 2 nitrogen and oxygen atoms in total. The predicted octanol–water partition coefficient (Wildman–Crippen LogP) is 4.08. The Morgan fingerprint density at radius 3 is 2.26 bits per heavy atom. The van der Waals surface area contributed by atoms with Gasteiger partial charge in [-0.25, -0.2) is 0 Å². The first-order valence-corrected chi connectivity index (χ1v) is 7.22. The third-order valence-electron chi connectivity index (χ3n) is 3.85. The monoisotopic (exact) mass is 263 g/mol. The predicted molar refractivity (Wildman–Crippen MR) is 82.9 cm³/mol. The van der Waals surface area contributed by atoms with Crippen LogP contribution in [0.5, 0.6) is 5.75 Å². The Morgan fingerprint density at radius 2 is 1.84 bits per heavy atom. The lowest BCUT2D eigenvalue weighted by molar-refractivity contribution is 0.347. The van der Waals surface area contributed by atoms with Gasteiger partial charge in [0.2, 0.25) is 0 Å². The summed E-state index contributed by atoms with van der Waals surface area (Å²) in [5.74, 6) is 2.09. The summed E-state index contributed by atoms with van der Waals surface area (Å²) in [5.41, 5.74) is 8.65. The number of hydrogen-bond donors (Lipinski definition) is 1. The topological polar surface area (TPSA) is 35.2 Å². The van der Waals surface area contributed by atoms with E-state index >= 15 is 0 Å². The number of rotatable bonds is 6. The molecule has 1 aromatic rings. The summed E-state index contributed by atoms with van der Waals surface area (Å²) in [7, 11) is 1.74. The molecule has 0 radical (unpaired) electrons. The van der Waals surface area contributed by atoms with E-state index in [0.717, 1.165) is 12.2 Å². The summed E-state index contributed by atoms with van der Waals surface area (Å²) in [5, 5.41) is 0. The summed E-state index contributed by atoms with van der Waals surface area (Å²) < 4.78 is 5.55. The molecular formula is C17H29NO. The number of hydrogen-bond acceptors (Lipinski definition) is 2. The molecule has 0 saturated carbocycles. The van der Waals surface area contributed by atoms with E-state index in [1.54, 1.807) is 7.11 Å². The molecule has 0 saturated heterocycles. The molecule has 1 aromatic carbocycles. The van der Waals surface area contributed by atoms with E-state index in [2.05, 4.69) is 52.8 Å². The standard InChI is InChI=1S/C17H29NO/c1-12(2)10-17(5,11-18)15-9-14(13(3)4)7-8-16(15)19-6/h7-9,12-13H,10-11,18H2,1-6H3. The summed E-state index contributed by atoms with van der Waals surface area (Å²) >= 11 is 0. The number of benzene rings is 1. The van der Waals surface area contributed by atoms with Crippen LogP contribution < -0.4 is 10.5 Å². The Kier molecular flexibility index (Phi) is 5.42. The van der Waals surface area contributed by atoms with Gasteiger partial charge < -0.3 is 10.5 Å². The molecule has 0 spiro atoms. The maximum Gasteiger partial charge on any atom is 0.122 e. The van der Waals surface area contributed by atoms with Gasteiger partial charge in [0.15, 0.2) is 0 Å². The van der Waals surface area contributed by atoms with E-state index in [-0.39, 0.29) is 5.41 Å². The highest BCUT2D eigenvalue weighted by atomic mass is 16.5. The van der Waals surface area contributed by atoms with Crippen LogP contribution in [-0.4, -0.2) is 13.7 Å². The van der Waals surface area contributed by atoms with Crippen molar-refractivity contribution in [3.63, 3.8) is 0 Å². The van der Waals surface area contributed by atoms with Crippen LogP contribution in [-0.2, 0) is 5.41 Å². The van der Waals surface area contributed by atoms with E-state index in [1.807, 2.05) is 0 Å². The molecule has 0 heterocycles. The number of methoxy groups -OCH3 is 1. The molecule has 0 aliphatic carbocycles. The molecule has 0 bridgehead atoms. The second kappa shape index (κ2) is 6.42. The minimum absolute atomic E-state index is 0.0234. The molecule has 1 rings (SSSR count). The lowest BCUT2D eigenvalue weighted by atomic mass is 9.75. The SMILES string of the molecule is COc1ccc(C(C)C)cc1C(C)(CN)CC(C)C. The lowest BCUT2D eigenvalue weighted by Crippen LogP contribution is -2.34. The van der Waals surface area contributed by atoms with Gasteiger partial charge >= 0.3 is 0 Å². The normalized spacial score (nSPS) is 14.8. The molecule has 19 heavy (non-hydrogen) atoms. The fraction of sp³-hybridized carbons (Fsp3) is 0.647. The van der Waals surface area contributed by atoms with E-state index in [1.165, 1.54) is 11.1 Å². The van der Waals surface area contributed by atoms with Crippen LogP contribution in [0.3, 0.4) is 0 Å². The zero-order chi connectivity index (χ0) is 14.6. The summed E-state index contributed by atoms with van der Waals surface area (Å²) in [6.07, 6.45) is 1.07. The Labute approximate surface area is 118 Å². The largest absolute Gasteiger partial charge is 0.496 e. The van der Waals surface area contributed by atoms with Crippen molar-refractivity contribution in [1.29, 1.82) is 0 Å². The van der Waals surface area contributed by atoms with Crippen LogP contribution in [0.15, 0.2) is 18.2 Å². The van der Waals surface area contributed by atoms with Crippen molar-refractivity contribution in [1.82, 2.24) is 0 Å². The molecule has 1 unspecified atom stereocenters. The molecule has 0 fully saturated rings. The smallest absolute Gasteiger partial charge is 0.122 e. The van der Waals surface area contributed by atoms with Crippen molar-refractivity contribution < 1.29 is 4.74 Å². The van der Waals surface area contributed by atoms with Gasteiger partial charge in [0, 0.05) is 17.5 Å². The third kappa shape index (κ3) is 3.73. The fourth-order valence-corrected chi connectivity index (χ4v) is 2.76. The summed E-state index contributed by atoms with van der Waals surface area (Å²) in [6, 6.07) is 6.51. The Morgan fingerprint density at radius 1 is 1.21 bits per heavy atom. The molecule has 0 amide bonds. The second-order valence-electron chi connectivity index (χ2n) is 6.48. The molecule has 1 atom stereocenters. The number of ether oxygens (including phenoxy) is 1. The van der Waals surface area contributed by atoms with Gasteiger partial charge in [-0.15, -0.1) is 0 Å². The summed E-state index contributed by atoms with van der Waals surface area (Å²) in [4.78, 5) is 0. The Hall–Kier alpha value is -1.02. The first kappa shape index (κ1) is 16.0. The van der Waals surface area contributed by atoms with E-state index in [4.69, 9.17) is 10.5 Å². The zero-order valence-electron chi connectivity index (χ0n) is 13.3. The minimum Gasteiger partial charge on any atom is -0.496 e. The second-order valence-corrected chi connectivity index (χ2v) is 6.48. The highest BCUT2D eigenvalue weighted by Gasteiger charge is 2.29. The van der Waals surface area contributed by atoms with E-state index < -0.39 is 0 Å². The molecule has 0 aliphatic heterocycles. The highest BCUT2D eigenvalue weighted by Crippen LogP contribution is 2.37. The van der Waals surface area contributed by atoms with Crippen molar-refractivity contribution >= 4 is 0 Å². The van der Waals surface area contributed by atoms with Crippen molar-refractivity contribution in [2.24, 2.45) is 11.7 Å². The molecule has 108 valence electrons. The quantitative estimate of drug-likeness (QED) is 0.839. The van der Waals surface area contributed by atoms with Gasteiger partial charge in [-0.1, -0.05) is 46.8 Å². The van der Waals surface area contributed by atoms with Gasteiger partial charge in [-0.2, -0.15) is 0 Å². The first-order chi connectivity index (χ1) is 8.84. The van der Waals surface area contributed by atoms with Gasteiger partial charge in [-0.05, 0) is 29.9 Å². The van der Waals surface area contributed by atoms with Crippen LogP contribution in [0.1, 0.15) is 58.1 Å². The zero-order valence-corrected chi connectivity index (χ0v) is 13.3. The van der Waals surface area contributed by atoms with Crippen LogP contribution in [0.4, 0.5) is 0 Å². The minimum atomic E-state index is -0.0234. The Bertz CT molecular complexity index is 412. The molecular weight excluding hydrogens is 234 g/mol. The van der Waals surface area contributed by atoms with Crippen molar-refractivity contribution in [3.05, 3.63) is 29.3 Å². The van der Waals surface area contributed by atoms with Crippen LogP contribution in [0.25, 0.3) is 0 Å². The van der Waals surface area contributed by atoms with Crippen molar-refractivity contribution in [2.45, 2.75) is 52.4 Å². The average Bonchev–Trinajstić information content (AvgIpc) is 2.36. The van der Waals surface area contributed by atoms with Crippen molar-refractivity contribution in [2.75, 3.05) is 13.7 Å². The Balaban J connectivity index is 3.30.